The van der Waals surface area contributed by atoms with Crippen LogP contribution in [-0.4, -0.2) is 37.0 Å². The average molecular weight is 416 g/mol. The number of hydrogen-bond donors (Lipinski definition) is 2. The first-order chi connectivity index (χ1) is 10.1. The largest absolute Gasteiger partial charge is 0.370 e. The van der Waals surface area contributed by atoms with Crippen molar-refractivity contribution in [3.05, 3.63) is 29.3 Å². The summed E-state index contributed by atoms with van der Waals surface area (Å²) in [6.07, 6.45) is 2.47. The SMILES string of the molecule is CCCN1CCC(CN=C(N)Nc2cc(C)cc(C)c2)C1.I. The van der Waals surface area contributed by atoms with E-state index in [1.807, 2.05) is 0 Å². The molecule has 0 saturated carbocycles. The molecule has 0 amide bonds. The Morgan fingerprint density at radius 2 is 2.00 bits per heavy atom. The van der Waals surface area contributed by atoms with Crippen molar-refractivity contribution in [2.75, 3.05) is 31.5 Å². The summed E-state index contributed by atoms with van der Waals surface area (Å²) in [7, 11) is 0. The highest BCUT2D eigenvalue weighted by Crippen LogP contribution is 2.17. The highest BCUT2D eigenvalue weighted by molar-refractivity contribution is 14.0. The van der Waals surface area contributed by atoms with Gasteiger partial charge in [-0.3, -0.25) is 4.99 Å². The Balaban J connectivity index is 0.00000242. The zero-order valence-electron chi connectivity index (χ0n) is 13.9. The second kappa shape index (κ2) is 9.35. The van der Waals surface area contributed by atoms with Crippen LogP contribution in [0.15, 0.2) is 23.2 Å². The van der Waals surface area contributed by atoms with Gasteiger partial charge in [0.05, 0.1) is 0 Å². The number of benzene rings is 1. The monoisotopic (exact) mass is 416 g/mol. The molecule has 1 aliphatic rings. The molecule has 1 fully saturated rings. The first-order valence-corrected chi connectivity index (χ1v) is 7.94. The standard InChI is InChI=1S/C17H28N4.HI/c1-4-6-21-7-5-15(12-21)11-19-17(18)20-16-9-13(2)8-14(3)10-16;/h8-10,15H,4-7,11-12H2,1-3H3,(H3,18,19,20);1H. The first-order valence-electron chi connectivity index (χ1n) is 7.94. The second-order valence-electron chi connectivity index (χ2n) is 6.18. The van der Waals surface area contributed by atoms with Crippen LogP contribution >= 0.6 is 24.0 Å². The number of nitrogens with one attached hydrogen (secondary N) is 1. The third-order valence-electron chi connectivity index (χ3n) is 3.92. The van der Waals surface area contributed by atoms with Gasteiger partial charge in [-0.15, -0.1) is 24.0 Å². The predicted octanol–water partition coefficient (Wildman–Crippen LogP) is 3.38. The van der Waals surface area contributed by atoms with Gasteiger partial charge in [-0.1, -0.05) is 13.0 Å². The molecule has 1 aliphatic heterocycles. The van der Waals surface area contributed by atoms with Crippen molar-refractivity contribution in [3.8, 4) is 0 Å². The molecule has 3 N–H and O–H groups in total. The lowest BCUT2D eigenvalue weighted by Gasteiger charge is -2.14. The van der Waals surface area contributed by atoms with Crippen molar-refractivity contribution in [1.29, 1.82) is 0 Å². The van der Waals surface area contributed by atoms with Gasteiger partial charge in [0.2, 0.25) is 0 Å². The Kier molecular flexibility index (Phi) is 8.17. The fourth-order valence-electron chi connectivity index (χ4n) is 3.04. The van der Waals surface area contributed by atoms with Crippen LogP contribution in [0.25, 0.3) is 0 Å². The van der Waals surface area contributed by atoms with Gasteiger partial charge in [0.15, 0.2) is 5.96 Å². The summed E-state index contributed by atoms with van der Waals surface area (Å²) in [6, 6.07) is 6.33. The molecule has 1 unspecified atom stereocenters. The van der Waals surface area contributed by atoms with Crippen LogP contribution in [0.3, 0.4) is 0 Å². The normalized spacial score (nSPS) is 19.0. The van der Waals surface area contributed by atoms with Crippen LogP contribution in [0, 0.1) is 19.8 Å². The van der Waals surface area contributed by atoms with E-state index < -0.39 is 0 Å². The lowest BCUT2D eigenvalue weighted by Crippen LogP contribution is -2.25. The minimum absolute atomic E-state index is 0. The summed E-state index contributed by atoms with van der Waals surface area (Å²) in [5, 5.41) is 3.20. The van der Waals surface area contributed by atoms with Gasteiger partial charge in [0.1, 0.15) is 0 Å². The summed E-state index contributed by atoms with van der Waals surface area (Å²) in [5.41, 5.74) is 9.49. The van der Waals surface area contributed by atoms with E-state index in [9.17, 15) is 0 Å². The van der Waals surface area contributed by atoms with Gasteiger partial charge >= 0.3 is 0 Å². The quantitative estimate of drug-likeness (QED) is 0.440. The van der Waals surface area contributed by atoms with Gasteiger partial charge in [0, 0.05) is 18.8 Å². The Labute approximate surface area is 151 Å². The van der Waals surface area contributed by atoms with Crippen molar-refractivity contribution < 1.29 is 0 Å². The number of hydrogen-bond acceptors (Lipinski definition) is 2. The molecule has 5 heteroatoms. The number of nitrogens with zero attached hydrogens (tertiary/aromatic N) is 2. The molecular formula is C17H29IN4. The number of likely N-dealkylation sites (tertiary alicyclic amines) is 1. The Bertz CT molecular complexity index is 481. The van der Waals surface area contributed by atoms with Gasteiger partial charge in [-0.05, 0) is 69.0 Å². The maximum absolute atomic E-state index is 6.00. The third kappa shape index (κ3) is 6.12. The van der Waals surface area contributed by atoms with Gasteiger partial charge in [0.25, 0.3) is 0 Å². The van der Waals surface area contributed by atoms with Gasteiger partial charge < -0.3 is 16.0 Å². The van der Waals surface area contributed by atoms with Crippen LogP contribution in [0.4, 0.5) is 5.69 Å². The Morgan fingerprint density at radius 3 is 2.64 bits per heavy atom. The van der Waals surface area contributed by atoms with Crippen LogP contribution in [0.5, 0.6) is 0 Å². The Hall–Kier alpha value is -0.820. The third-order valence-corrected chi connectivity index (χ3v) is 3.92. The molecule has 0 radical (unpaired) electrons. The maximum atomic E-state index is 6.00. The number of halogens is 1. The number of aryl methyl sites for hydroxylation is 2. The van der Waals surface area contributed by atoms with Gasteiger partial charge in [-0.25, -0.2) is 0 Å². The highest BCUT2D eigenvalue weighted by atomic mass is 127. The van der Waals surface area contributed by atoms with E-state index in [0.29, 0.717) is 11.9 Å². The van der Waals surface area contributed by atoms with Crippen LogP contribution in [-0.2, 0) is 0 Å². The number of nitrogens with two attached hydrogens (primary N) is 1. The van der Waals surface area contributed by atoms with E-state index in [2.05, 4.69) is 54.2 Å². The van der Waals surface area contributed by atoms with Crippen molar-refractivity contribution >= 4 is 35.6 Å². The fourth-order valence-corrected chi connectivity index (χ4v) is 3.04. The predicted molar refractivity (Wildman–Crippen MR) is 106 cm³/mol. The lowest BCUT2D eigenvalue weighted by atomic mass is 10.1. The van der Waals surface area contributed by atoms with E-state index >= 15 is 0 Å². The molecule has 124 valence electrons. The van der Waals surface area contributed by atoms with E-state index in [-0.39, 0.29) is 24.0 Å². The summed E-state index contributed by atoms with van der Waals surface area (Å²) in [6.45, 7) is 10.8. The molecule has 1 heterocycles. The molecule has 0 bridgehead atoms. The van der Waals surface area contributed by atoms with Crippen LogP contribution in [0.1, 0.15) is 30.9 Å². The molecule has 4 nitrogen and oxygen atoms in total. The van der Waals surface area contributed by atoms with E-state index in [0.717, 1.165) is 18.8 Å². The van der Waals surface area contributed by atoms with Crippen molar-refractivity contribution in [2.45, 2.75) is 33.6 Å². The van der Waals surface area contributed by atoms with Crippen molar-refractivity contribution in [2.24, 2.45) is 16.6 Å². The molecule has 1 saturated heterocycles. The summed E-state index contributed by atoms with van der Waals surface area (Å²) in [4.78, 5) is 7.03. The fraction of sp³-hybridized carbons (Fsp3) is 0.588. The number of anilines is 1. The van der Waals surface area contributed by atoms with E-state index in [4.69, 9.17) is 5.73 Å². The smallest absolute Gasteiger partial charge is 0.193 e. The summed E-state index contributed by atoms with van der Waals surface area (Å²) >= 11 is 0. The number of guanidine groups is 1. The molecule has 1 aromatic rings. The van der Waals surface area contributed by atoms with Gasteiger partial charge in [-0.2, -0.15) is 0 Å². The molecular weight excluding hydrogens is 387 g/mol. The maximum Gasteiger partial charge on any atom is 0.193 e. The molecule has 0 spiro atoms. The molecule has 0 aromatic heterocycles. The van der Waals surface area contributed by atoms with Crippen molar-refractivity contribution in [1.82, 2.24) is 4.90 Å². The first kappa shape index (κ1) is 19.2. The molecule has 1 aromatic carbocycles. The zero-order valence-corrected chi connectivity index (χ0v) is 16.3. The summed E-state index contributed by atoms with van der Waals surface area (Å²) < 4.78 is 0. The van der Waals surface area contributed by atoms with Crippen LogP contribution < -0.4 is 11.1 Å². The number of rotatable bonds is 5. The average Bonchev–Trinajstić information content (AvgIpc) is 2.83. The van der Waals surface area contributed by atoms with Crippen molar-refractivity contribution in [3.63, 3.8) is 0 Å². The topological polar surface area (TPSA) is 53.6 Å². The second-order valence-corrected chi connectivity index (χ2v) is 6.18. The van der Waals surface area contributed by atoms with E-state index in [1.54, 1.807) is 0 Å². The molecule has 0 aliphatic carbocycles. The number of aliphatic imine (C=N–C) groups is 1. The minimum atomic E-state index is 0. The highest BCUT2D eigenvalue weighted by Gasteiger charge is 2.21. The van der Waals surface area contributed by atoms with Crippen LogP contribution in [0.2, 0.25) is 0 Å². The minimum Gasteiger partial charge on any atom is -0.370 e. The zero-order chi connectivity index (χ0) is 15.2. The molecule has 2 rings (SSSR count). The van der Waals surface area contributed by atoms with E-state index in [1.165, 1.54) is 37.1 Å². The molecule has 1 atom stereocenters. The summed E-state index contributed by atoms with van der Waals surface area (Å²) in [5.74, 6) is 1.17. The molecule has 22 heavy (non-hydrogen) atoms. The Morgan fingerprint density at radius 1 is 1.32 bits per heavy atom. The lowest BCUT2D eigenvalue weighted by molar-refractivity contribution is 0.326.